The summed E-state index contributed by atoms with van der Waals surface area (Å²) in [6.45, 7) is 7.51. The van der Waals surface area contributed by atoms with Crippen molar-refractivity contribution in [3.8, 4) is 0 Å². The van der Waals surface area contributed by atoms with Crippen LogP contribution in [0.15, 0.2) is 36.8 Å². The Labute approximate surface area is 110 Å². The fraction of sp³-hybridized carbons (Fsp3) is 0.417. The number of hydrogen-bond acceptors (Lipinski definition) is 7. The maximum Gasteiger partial charge on any atom is 0.377 e. The van der Waals surface area contributed by atoms with E-state index in [4.69, 9.17) is 25.2 Å². The molecular weight excluding hydrogens is 256 g/mol. The van der Waals surface area contributed by atoms with Crippen molar-refractivity contribution in [1.29, 1.82) is 0 Å². The predicted molar refractivity (Wildman–Crippen MR) is 66.5 cm³/mol. The number of aliphatic hydroxyl groups excluding tert-OH is 4. The van der Waals surface area contributed by atoms with Crippen LogP contribution in [-0.2, 0) is 14.3 Å². The van der Waals surface area contributed by atoms with Gasteiger partial charge in [-0.15, -0.1) is 13.2 Å². The highest BCUT2D eigenvalue weighted by Crippen LogP contribution is 2.20. The van der Waals surface area contributed by atoms with Gasteiger partial charge in [0.05, 0.1) is 19.8 Å². The van der Waals surface area contributed by atoms with Gasteiger partial charge in [-0.05, 0) is 0 Å². The molecule has 0 aromatic carbocycles. The van der Waals surface area contributed by atoms with Crippen LogP contribution in [0.1, 0.15) is 0 Å². The molecule has 1 unspecified atom stereocenters. The Balaban J connectivity index is 0.000000399. The molecule has 7 nitrogen and oxygen atoms in total. The zero-order chi connectivity index (χ0) is 14.8. The van der Waals surface area contributed by atoms with Crippen LogP contribution < -0.4 is 0 Å². The molecule has 0 amide bonds. The summed E-state index contributed by atoms with van der Waals surface area (Å²) in [5.74, 6) is -2.78. The Morgan fingerprint density at radius 3 is 2.16 bits per heavy atom. The minimum Gasteiger partial charge on any atom is -0.505 e. The molecule has 0 radical (unpaired) electrons. The van der Waals surface area contributed by atoms with Gasteiger partial charge in [-0.1, -0.05) is 12.2 Å². The molecule has 1 aliphatic heterocycles. The van der Waals surface area contributed by atoms with E-state index in [9.17, 15) is 4.79 Å². The summed E-state index contributed by atoms with van der Waals surface area (Å²) in [4.78, 5) is 10.5. The molecule has 4 N–H and O–H groups in total. The maximum atomic E-state index is 10.5. The second kappa shape index (κ2) is 9.15. The van der Waals surface area contributed by atoms with Crippen molar-refractivity contribution < 1.29 is 34.7 Å². The fourth-order valence-corrected chi connectivity index (χ4v) is 1.06. The van der Waals surface area contributed by atoms with E-state index in [1.54, 1.807) is 12.2 Å². The molecule has 1 heterocycles. The molecule has 2 atom stereocenters. The minimum absolute atomic E-state index is 0.617. The molecule has 0 spiro atoms. The number of rotatable bonds is 6. The highest BCUT2D eigenvalue weighted by atomic mass is 16.6. The minimum atomic E-state index is -1.42. The summed E-state index contributed by atoms with van der Waals surface area (Å²) in [7, 11) is 0. The second-order valence-corrected chi connectivity index (χ2v) is 3.42. The Morgan fingerprint density at radius 1 is 1.32 bits per heavy atom. The maximum absolute atomic E-state index is 10.5. The lowest BCUT2D eigenvalue weighted by Crippen LogP contribution is -2.31. The molecule has 0 saturated heterocycles. The Hall–Kier alpha value is -1.83. The van der Waals surface area contributed by atoms with Gasteiger partial charge in [-0.25, -0.2) is 4.79 Å². The number of carbonyl (C=O) groups excluding carboxylic acids is 1. The standard InChI is InChI=1S/C6H8O6.C6H10O/c7-1-2(8)5-3(9)4(10)6(11)12-5;1-3-5-7-6-4-2/h2,5,7-10H,1H2;3-4H,1-2,5-6H2/t2?,5-;/m1./s1. The van der Waals surface area contributed by atoms with Gasteiger partial charge < -0.3 is 29.9 Å². The highest BCUT2D eigenvalue weighted by molar-refractivity contribution is 5.89. The van der Waals surface area contributed by atoms with Crippen LogP contribution >= 0.6 is 0 Å². The van der Waals surface area contributed by atoms with E-state index in [0.717, 1.165) is 0 Å². The second-order valence-electron chi connectivity index (χ2n) is 3.42. The molecule has 1 aliphatic rings. The van der Waals surface area contributed by atoms with E-state index in [1.165, 1.54) is 0 Å². The van der Waals surface area contributed by atoms with Crippen molar-refractivity contribution >= 4 is 5.97 Å². The SMILES string of the molecule is C=CCOCC=C.O=C1O[C@H](C(O)CO)C(O)=C1O. The summed E-state index contributed by atoms with van der Waals surface area (Å²) in [5.41, 5.74) is 0. The molecule has 1 rings (SSSR count). The van der Waals surface area contributed by atoms with Crippen LogP contribution in [0.2, 0.25) is 0 Å². The van der Waals surface area contributed by atoms with Crippen LogP contribution in [0.4, 0.5) is 0 Å². The molecule has 0 aromatic heterocycles. The number of carbonyl (C=O) groups is 1. The van der Waals surface area contributed by atoms with Gasteiger partial charge in [0.25, 0.3) is 0 Å². The molecule has 0 fully saturated rings. The fourth-order valence-electron chi connectivity index (χ4n) is 1.06. The molecule has 0 saturated carbocycles. The van der Waals surface area contributed by atoms with E-state index < -0.39 is 36.3 Å². The van der Waals surface area contributed by atoms with Gasteiger partial charge in [0.15, 0.2) is 11.9 Å². The number of ether oxygens (including phenoxy) is 2. The van der Waals surface area contributed by atoms with Gasteiger partial charge in [0.1, 0.15) is 6.10 Å². The van der Waals surface area contributed by atoms with Crippen molar-refractivity contribution in [2.24, 2.45) is 0 Å². The van der Waals surface area contributed by atoms with E-state index in [0.29, 0.717) is 13.2 Å². The molecule has 19 heavy (non-hydrogen) atoms. The molecular formula is C12H18O7. The van der Waals surface area contributed by atoms with Crippen molar-refractivity contribution in [1.82, 2.24) is 0 Å². The van der Waals surface area contributed by atoms with E-state index >= 15 is 0 Å². The first-order valence-electron chi connectivity index (χ1n) is 5.41. The highest BCUT2D eigenvalue weighted by Gasteiger charge is 2.38. The summed E-state index contributed by atoms with van der Waals surface area (Å²) in [5, 5.41) is 35.0. The van der Waals surface area contributed by atoms with Gasteiger partial charge in [-0.3, -0.25) is 0 Å². The molecule has 108 valence electrons. The van der Waals surface area contributed by atoms with Crippen LogP contribution in [0.5, 0.6) is 0 Å². The van der Waals surface area contributed by atoms with Crippen molar-refractivity contribution in [2.75, 3.05) is 19.8 Å². The summed E-state index contributed by atoms with van der Waals surface area (Å²) >= 11 is 0. The molecule has 7 heteroatoms. The Kier molecular flexibility index (Phi) is 8.27. The topological polar surface area (TPSA) is 116 Å². The van der Waals surface area contributed by atoms with Crippen LogP contribution in [0.3, 0.4) is 0 Å². The molecule has 0 aliphatic carbocycles. The van der Waals surface area contributed by atoms with E-state index in [2.05, 4.69) is 17.9 Å². The van der Waals surface area contributed by atoms with Crippen molar-refractivity contribution in [2.45, 2.75) is 12.2 Å². The first kappa shape index (κ1) is 17.2. The summed E-state index contributed by atoms with van der Waals surface area (Å²) in [6, 6.07) is 0. The largest absolute Gasteiger partial charge is 0.505 e. The Bertz CT molecular complexity index is 340. The lowest BCUT2D eigenvalue weighted by Gasteiger charge is -2.13. The first-order chi connectivity index (χ1) is 8.99. The van der Waals surface area contributed by atoms with Crippen LogP contribution in [-0.4, -0.2) is 58.4 Å². The van der Waals surface area contributed by atoms with Crippen molar-refractivity contribution in [3.63, 3.8) is 0 Å². The molecule has 0 aromatic rings. The third kappa shape index (κ3) is 5.56. The quantitative estimate of drug-likeness (QED) is 0.305. The third-order valence-electron chi connectivity index (χ3n) is 1.95. The van der Waals surface area contributed by atoms with E-state index in [1.807, 2.05) is 0 Å². The monoisotopic (exact) mass is 274 g/mol. The van der Waals surface area contributed by atoms with E-state index in [-0.39, 0.29) is 0 Å². The normalized spacial score (nSPS) is 19.3. The number of esters is 1. The number of aliphatic hydroxyl groups is 4. The van der Waals surface area contributed by atoms with Gasteiger partial charge >= 0.3 is 5.97 Å². The van der Waals surface area contributed by atoms with Crippen molar-refractivity contribution in [3.05, 3.63) is 36.8 Å². The Morgan fingerprint density at radius 2 is 1.84 bits per heavy atom. The zero-order valence-corrected chi connectivity index (χ0v) is 10.4. The van der Waals surface area contributed by atoms with Crippen LogP contribution in [0.25, 0.3) is 0 Å². The van der Waals surface area contributed by atoms with Crippen LogP contribution in [0, 0.1) is 0 Å². The predicted octanol–water partition coefficient (Wildman–Crippen LogP) is -0.0324. The first-order valence-corrected chi connectivity index (χ1v) is 5.41. The number of hydrogen-bond donors (Lipinski definition) is 4. The zero-order valence-electron chi connectivity index (χ0n) is 10.4. The smallest absolute Gasteiger partial charge is 0.377 e. The van der Waals surface area contributed by atoms with Gasteiger partial charge in [-0.2, -0.15) is 0 Å². The molecule has 0 bridgehead atoms. The summed E-state index contributed by atoms with van der Waals surface area (Å²) < 4.78 is 9.21. The average molecular weight is 274 g/mol. The summed E-state index contributed by atoms with van der Waals surface area (Å²) in [6.07, 6.45) is 0.647. The number of cyclic esters (lactones) is 1. The average Bonchev–Trinajstić information content (AvgIpc) is 2.67. The van der Waals surface area contributed by atoms with Gasteiger partial charge in [0.2, 0.25) is 5.76 Å². The lowest BCUT2D eigenvalue weighted by molar-refractivity contribution is -0.147. The van der Waals surface area contributed by atoms with Gasteiger partial charge in [0, 0.05) is 0 Å². The third-order valence-corrected chi connectivity index (χ3v) is 1.95. The lowest BCUT2D eigenvalue weighted by atomic mass is 10.2.